The van der Waals surface area contributed by atoms with Gasteiger partial charge < -0.3 is 15.4 Å². The van der Waals surface area contributed by atoms with Crippen LogP contribution in [-0.2, 0) is 4.79 Å². The molecule has 0 saturated carbocycles. The normalized spacial score (nSPS) is 13.9. The first-order valence-electron chi connectivity index (χ1n) is 6.86. The van der Waals surface area contributed by atoms with Crippen LogP contribution in [0.5, 0.6) is 5.75 Å². The Balaban J connectivity index is 2.36. The van der Waals surface area contributed by atoms with Gasteiger partial charge in [-0.25, -0.2) is 0 Å². The number of fused-ring (bicyclic) bond motifs is 1. The fourth-order valence-corrected chi connectivity index (χ4v) is 2.21. The van der Waals surface area contributed by atoms with Crippen molar-refractivity contribution in [3.63, 3.8) is 0 Å². The molecule has 2 N–H and O–H groups in total. The minimum absolute atomic E-state index is 0.0159. The van der Waals surface area contributed by atoms with Gasteiger partial charge in [-0.1, -0.05) is 13.8 Å². The van der Waals surface area contributed by atoms with Gasteiger partial charge in [0.15, 0.2) is 5.78 Å². The number of amides is 1. The average Bonchev–Trinajstić information content (AvgIpc) is 2.45. The molecule has 5 heteroatoms. The van der Waals surface area contributed by atoms with Crippen molar-refractivity contribution in [2.45, 2.75) is 20.3 Å². The van der Waals surface area contributed by atoms with Crippen LogP contribution in [0, 0.1) is 5.92 Å². The first-order valence-corrected chi connectivity index (χ1v) is 6.86. The number of benzene rings is 1. The Morgan fingerprint density at radius 3 is 2.80 bits per heavy atom. The number of nitrogens with two attached hydrogens (primary N) is 1. The fourth-order valence-electron chi connectivity index (χ4n) is 2.21. The molecular weight excluding hydrogens is 256 g/mol. The van der Waals surface area contributed by atoms with Crippen LogP contribution in [0.3, 0.4) is 0 Å². The number of carbonyl (C=O) groups is 2. The first-order chi connectivity index (χ1) is 9.54. The molecule has 1 heterocycles. The maximum atomic E-state index is 12.2. The quantitative estimate of drug-likeness (QED) is 0.848. The summed E-state index contributed by atoms with van der Waals surface area (Å²) in [6, 6.07) is 5.20. The predicted molar refractivity (Wildman–Crippen MR) is 77.1 cm³/mol. The molecule has 1 aliphatic heterocycles. The highest BCUT2D eigenvalue weighted by Crippen LogP contribution is 2.33. The zero-order chi connectivity index (χ0) is 14.7. The Morgan fingerprint density at radius 2 is 2.15 bits per heavy atom. The second-order valence-corrected chi connectivity index (χ2v) is 5.14. The number of anilines is 1. The maximum absolute atomic E-state index is 12.2. The number of hydrogen-bond acceptors (Lipinski definition) is 4. The van der Waals surface area contributed by atoms with Crippen molar-refractivity contribution in [2.24, 2.45) is 11.7 Å². The molecule has 1 aliphatic rings. The maximum Gasteiger partial charge on any atom is 0.229 e. The van der Waals surface area contributed by atoms with E-state index in [1.54, 1.807) is 23.1 Å². The molecule has 5 nitrogen and oxygen atoms in total. The Morgan fingerprint density at radius 1 is 1.40 bits per heavy atom. The SMILES string of the molecule is CC(C)C(=O)N1CCOc2ccc(C(=O)CCN)cc21. The highest BCUT2D eigenvalue weighted by atomic mass is 16.5. The summed E-state index contributed by atoms with van der Waals surface area (Å²) in [6.07, 6.45) is 0.303. The lowest BCUT2D eigenvalue weighted by Gasteiger charge is -2.31. The van der Waals surface area contributed by atoms with Crippen molar-refractivity contribution in [2.75, 3.05) is 24.6 Å². The van der Waals surface area contributed by atoms with E-state index < -0.39 is 0 Å². The Bertz CT molecular complexity index is 526. The van der Waals surface area contributed by atoms with Crippen LogP contribution in [0.1, 0.15) is 30.6 Å². The topological polar surface area (TPSA) is 72.6 Å². The summed E-state index contributed by atoms with van der Waals surface area (Å²) in [4.78, 5) is 25.8. The van der Waals surface area contributed by atoms with Gasteiger partial charge in [-0.05, 0) is 24.7 Å². The second-order valence-electron chi connectivity index (χ2n) is 5.14. The lowest BCUT2D eigenvalue weighted by Crippen LogP contribution is -2.40. The average molecular weight is 276 g/mol. The van der Waals surface area contributed by atoms with Crippen LogP contribution >= 0.6 is 0 Å². The first kappa shape index (κ1) is 14.5. The van der Waals surface area contributed by atoms with E-state index in [2.05, 4.69) is 0 Å². The van der Waals surface area contributed by atoms with Gasteiger partial charge in [0.25, 0.3) is 0 Å². The number of ether oxygens (including phenoxy) is 1. The highest BCUT2D eigenvalue weighted by Gasteiger charge is 2.26. The van der Waals surface area contributed by atoms with Gasteiger partial charge in [0.05, 0.1) is 12.2 Å². The van der Waals surface area contributed by atoms with E-state index in [9.17, 15) is 9.59 Å². The molecule has 108 valence electrons. The summed E-state index contributed by atoms with van der Waals surface area (Å²) in [5.74, 6) is 0.578. The van der Waals surface area contributed by atoms with Crippen molar-refractivity contribution >= 4 is 17.4 Å². The van der Waals surface area contributed by atoms with Crippen LogP contribution in [0.2, 0.25) is 0 Å². The molecule has 0 fully saturated rings. The lowest BCUT2D eigenvalue weighted by atomic mass is 10.0. The minimum Gasteiger partial charge on any atom is -0.490 e. The summed E-state index contributed by atoms with van der Waals surface area (Å²) in [5.41, 5.74) is 6.66. The number of nitrogens with zero attached hydrogens (tertiary/aromatic N) is 1. The molecule has 20 heavy (non-hydrogen) atoms. The third kappa shape index (κ3) is 2.82. The monoisotopic (exact) mass is 276 g/mol. The Labute approximate surface area is 118 Å². The van der Waals surface area contributed by atoms with Gasteiger partial charge in [0.2, 0.25) is 5.91 Å². The molecule has 0 aliphatic carbocycles. The van der Waals surface area contributed by atoms with Crippen LogP contribution in [0.25, 0.3) is 0 Å². The van der Waals surface area contributed by atoms with Crippen molar-refractivity contribution in [1.29, 1.82) is 0 Å². The standard InChI is InChI=1S/C15H20N2O3/c1-10(2)15(19)17-7-8-20-14-4-3-11(9-12(14)17)13(18)5-6-16/h3-4,9-10H,5-8,16H2,1-2H3. The molecule has 1 aromatic rings. The number of ketones is 1. The van der Waals surface area contributed by atoms with E-state index in [-0.39, 0.29) is 17.6 Å². The van der Waals surface area contributed by atoms with Crippen molar-refractivity contribution in [1.82, 2.24) is 0 Å². The van der Waals surface area contributed by atoms with Crippen molar-refractivity contribution in [3.8, 4) is 5.75 Å². The summed E-state index contributed by atoms with van der Waals surface area (Å²) in [5, 5.41) is 0. The summed E-state index contributed by atoms with van der Waals surface area (Å²) >= 11 is 0. The van der Waals surface area contributed by atoms with Gasteiger partial charge in [-0.3, -0.25) is 9.59 Å². The zero-order valence-corrected chi connectivity index (χ0v) is 11.9. The molecule has 1 aromatic carbocycles. The van der Waals surface area contributed by atoms with E-state index in [0.717, 1.165) is 0 Å². The van der Waals surface area contributed by atoms with E-state index >= 15 is 0 Å². The zero-order valence-electron chi connectivity index (χ0n) is 11.9. The Hall–Kier alpha value is -1.88. The minimum atomic E-state index is -0.0932. The molecule has 0 atom stereocenters. The molecule has 2 rings (SSSR count). The van der Waals surface area contributed by atoms with Crippen molar-refractivity contribution in [3.05, 3.63) is 23.8 Å². The van der Waals surface area contributed by atoms with Gasteiger partial charge in [0, 0.05) is 17.9 Å². The molecule has 0 saturated heterocycles. The van der Waals surface area contributed by atoms with E-state index in [4.69, 9.17) is 10.5 Å². The molecule has 1 amide bonds. The lowest BCUT2D eigenvalue weighted by molar-refractivity contribution is -0.121. The smallest absolute Gasteiger partial charge is 0.229 e. The largest absolute Gasteiger partial charge is 0.490 e. The van der Waals surface area contributed by atoms with Crippen LogP contribution in [-0.4, -0.2) is 31.4 Å². The van der Waals surface area contributed by atoms with Crippen LogP contribution < -0.4 is 15.4 Å². The predicted octanol–water partition coefficient (Wildman–Crippen LogP) is 1.60. The van der Waals surface area contributed by atoms with Crippen molar-refractivity contribution < 1.29 is 14.3 Å². The van der Waals surface area contributed by atoms with Crippen LogP contribution in [0.4, 0.5) is 5.69 Å². The summed E-state index contributed by atoms with van der Waals surface area (Å²) in [6.45, 7) is 5.03. The van der Waals surface area contributed by atoms with Crippen LogP contribution in [0.15, 0.2) is 18.2 Å². The summed E-state index contributed by atoms with van der Waals surface area (Å²) in [7, 11) is 0. The van der Waals surface area contributed by atoms with Gasteiger partial charge in [-0.2, -0.15) is 0 Å². The third-order valence-corrected chi connectivity index (χ3v) is 3.28. The molecular formula is C15H20N2O3. The van der Waals surface area contributed by atoms with E-state index in [1.165, 1.54) is 0 Å². The molecule has 0 aromatic heterocycles. The number of hydrogen-bond donors (Lipinski definition) is 1. The molecule has 0 unspecified atom stereocenters. The molecule has 0 spiro atoms. The van der Waals surface area contributed by atoms with Gasteiger partial charge >= 0.3 is 0 Å². The van der Waals surface area contributed by atoms with E-state index in [1.807, 2.05) is 13.8 Å². The van der Waals surface area contributed by atoms with Gasteiger partial charge in [0.1, 0.15) is 12.4 Å². The molecule has 0 radical (unpaired) electrons. The third-order valence-electron chi connectivity index (χ3n) is 3.28. The molecule has 0 bridgehead atoms. The highest BCUT2D eigenvalue weighted by molar-refractivity contribution is 6.01. The number of Topliss-reactive ketones (excluding diaryl/α,β-unsaturated/α-hetero) is 1. The summed E-state index contributed by atoms with van der Waals surface area (Å²) < 4.78 is 5.55. The Kier molecular flexibility index (Phi) is 4.39. The number of carbonyl (C=O) groups excluding carboxylic acids is 2. The number of rotatable bonds is 4. The van der Waals surface area contributed by atoms with Gasteiger partial charge in [-0.15, -0.1) is 0 Å². The second kappa shape index (κ2) is 6.05. The fraction of sp³-hybridized carbons (Fsp3) is 0.467. The van der Waals surface area contributed by atoms with E-state index in [0.29, 0.717) is 43.1 Å².